The number of nitrogens with one attached hydrogen (secondary N) is 1. The highest BCUT2D eigenvalue weighted by Crippen LogP contribution is 2.18. The van der Waals surface area contributed by atoms with Crippen molar-refractivity contribution in [3.05, 3.63) is 53.2 Å². The number of hydrogen-bond acceptors (Lipinski definition) is 5. The van der Waals surface area contributed by atoms with E-state index >= 15 is 0 Å². The van der Waals surface area contributed by atoms with Gasteiger partial charge in [0.1, 0.15) is 6.42 Å². The molecule has 0 fully saturated rings. The summed E-state index contributed by atoms with van der Waals surface area (Å²) in [4.78, 5) is 15.9. The van der Waals surface area contributed by atoms with Gasteiger partial charge in [-0.15, -0.1) is 0 Å². The Hall–Kier alpha value is -2.96. The molecule has 0 aliphatic heterocycles. The van der Waals surface area contributed by atoms with Crippen molar-refractivity contribution in [2.75, 3.05) is 6.54 Å². The predicted molar refractivity (Wildman–Crippen MR) is 92.9 cm³/mol. The van der Waals surface area contributed by atoms with Gasteiger partial charge in [0, 0.05) is 17.8 Å². The minimum atomic E-state index is -0.129. The highest BCUT2D eigenvalue weighted by molar-refractivity contribution is 5.77. The van der Waals surface area contributed by atoms with E-state index in [9.17, 15) is 4.79 Å². The molecule has 130 valence electrons. The van der Waals surface area contributed by atoms with Crippen molar-refractivity contribution < 1.29 is 9.32 Å². The van der Waals surface area contributed by atoms with Crippen molar-refractivity contribution in [2.45, 2.75) is 33.7 Å². The molecule has 1 aromatic carbocycles. The molecule has 0 aliphatic carbocycles. The number of aromatic nitrogens is 4. The summed E-state index contributed by atoms with van der Waals surface area (Å²) in [5, 5.41) is 11.2. The van der Waals surface area contributed by atoms with Gasteiger partial charge in [-0.2, -0.15) is 10.1 Å². The van der Waals surface area contributed by atoms with E-state index in [1.165, 1.54) is 0 Å². The molecule has 3 aromatic rings. The fraction of sp³-hybridized carbons (Fsp3) is 0.333. The summed E-state index contributed by atoms with van der Waals surface area (Å²) < 4.78 is 7.14. The van der Waals surface area contributed by atoms with E-state index in [0.29, 0.717) is 24.8 Å². The summed E-state index contributed by atoms with van der Waals surface area (Å²) >= 11 is 0. The van der Waals surface area contributed by atoms with Crippen LogP contribution in [-0.2, 0) is 17.8 Å². The van der Waals surface area contributed by atoms with Crippen LogP contribution >= 0.6 is 0 Å². The van der Waals surface area contributed by atoms with Gasteiger partial charge >= 0.3 is 0 Å². The Kier molecular flexibility index (Phi) is 4.92. The van der Waals surface area contributed by atoms with Crippen LogP contribution in [0.1, 0.15) is 29.8 Å². The van der Waals surface area contributed by atoms with E-state index in [4.69, 9.17) is 4.52 Å². The van der Waals surface area contributed by atoms with E-state index in [0.717, 1.165) is 22.5 Å². The summed E-state index contributed by atoms with van der Waals surface area (Å²) in [6.07, 6.45) is 0.0896. The van der Waals surface area contributed by atoms with Crippen molar-refractivity contribution in [3.8, 4) is 11.4 Å². The molecule has 2 aromatic heterocycles. The Morgan fingerprint density at radius 2 is 2.12 bits per heavy atom. The van der Waals surface area contributed by atoms with Gasteiger partial charge in [-0.3, -0.25) is 9.48 Å². The van der Waals surface area contributed by atoms with Crippen LogP contribution in [0.25, 0.3) is 11.4 Å². The number of benzene rings is 1. The first kappa shape index (κ1) is 16.9. The number of likely N-dealkylation sites (N-methyl/N-ethyl adjacent to an activating group) is 1. The van der Waals surface area contributed by atoms with Crippen LogP contribution in [0.2, 0.25) is 0 Å². The van der Waals surface area contributed by atoms with Gasteiger partial charge in [-0.1, -0.05) is 23.4 Å². The Morgan fingerprint density at radius 3 is 2.84 bits per heavy atom. The van der Waals surface area contributed by atoms with Gasteiger partial charge in [0.05, 0.1) is 12.2 Å². The molecule has 0 atom stereocenters. The standard InChI is InChI=1S/C18H21N5O2/c1-4-19-16(24)10-17-20-18(22-25-17)15-7-5-6-14(9-15)11-23-13(3)8-12(2)21-23/h5-9H,4,10-11H2,1-3H3,(H,19,24). The van der Waals surface area contributed by atoms with Crippen LogP contribution < -0.4 is 5.32 Å². The molecular weight excluding hydrogens is 318 g/mol. The number of amides is 1. The Labute approximate surface area is 146 Å². The molecule has 7 heteroatoms. The largest absolute Gasteiger partial charge is 0.356 e. The Balaban J connectivity index is 1.76. The zero-order valence-corrected chi connectivity index (χ0v) is 14.6. The summed E-state index contributed by atoms with van der Waals surface area (Å²) in [6, 6.07) is 9.98. The second-order valence-corrected chi connectivity index (χ2v) is 5.93. The summed E-state index contributed by atoms with van der Waals surface area (Å²) in [5.74, 6) is 0.662. The Morgan fingerprint density at radius 1 is 1.28 bits per heavy atom. The number of aryl methyl sites for hydroxylation is 2. The monoisotopic (exact) mass is 339 g/mol. The van der Waals surface area contributed by atoms with Crippen LogP contribution in [0.3, 0.4) is 0 Å². The van der Waals surface area contributed by atoms with Crippen LogP contribution in [-0.4, -0.2) is 32.4 Å². The average Bonchev–Trinajstić information content (AvgIpc) is 3.15. The highest BCUT2D eigenvalue weighted by Gasteiger charge is 2.12. The molecule has 0 bridgehead atoms. The van der Waals surface area contributed by atoms with Crippen LogP contribution in [0, 0.1) is 13.8 Å². The van der Waals surface area contributed by atoms with E-state index < -0.39 is 0 Å². The molecule has 0 radical (unpaired) electrons. The summed E-state index contributed by atoms with van der Waals surface area (Å²) in [5.41, 5.74) is 4.07. The molecular formula is C18H21N5O2. The van der Waals surface area contributed by atoms with Crippen molar-refractivity contribution >= 4 is 5.91 Å². The lowest BCUT2D eigenvalue weighted by Crippen LogP contribution is -2.24. The first-order valence-corrected chi connectivity index (χ1v) is 8.25. The van der Waals surface area contributed by atoms with E-state index in [1.807, 2.05) is 49.7 Å². The summed E-state index contributed by atoms with van der Waals surface area (Å²) in [7, 11) is 0. The third kappa shape index (κ3) is 4.12. The molecule has 3 rings (SSSR count). The quantitative estimate of drug-likeness (QED) is 0.744. The lowest BCUT2D eigenvalue weighted by Gasteiger charge is -2.05. The normalized spacial score (nSPS) is 10.8. The summed E-state index contributed by atoms with van der Waals surface area (Å²) in [6.45, 7) is 7.14. The molecule has 0 spiro atoms. The van der Waals surface area contributed by atoms with Gasteiger partial charge in [0.15, 0.2) is 0 Å². The number of carbonyl (C=O) groups excluding carboxylic acids is 1. The van der Waals surface area contributed by atoms with Crippen molar-refractivity contribution in [1.82, 2.24) is 25.2 Å². The van der Waals surface area contributed by atoms with E-state index in [1.54, 1.807) is 0 Å². The maximum atomic E-state index is 11.6. The third-order valence-corrected chi connectivity index (χ3v) is 3.77. The average molecular weight is 339 g/mol. The zero-order valence-electron chi connectivity index (χ0n) is 14.6. The maximum Gasteiger partial charge on any atom is 0.236 e. The highest BCUT2D eigenvalue weighted by atomic mass is 16.5. The maximum absolute atomic E-state index is 11.6. The second-order valence-electron chi connectivity index (χ2n) is 5.93. The number of nitrogens with zero attached hydrogens (tertiary/aromatic N) is 4. The number of rotatable bonds is 6. The number of carbonyl (C=O) groups is 1. The molecule has 0 saturated heterocycles. The van der Waals surface area contributed by atoms with Gasteiger partial charge in [0.2, 0.25) is 17.6 Å². The molecule has 1 N–H and O–H groups in total. The number of hydrogen-bond donors (Lipinski definition) is 1. The van der Waals surface area contributed by atoms with Crippen molar-refractivity contribution in [1.29, 1.82) is 0 Å². The zero-order chi connectivity index (χ0) is 17.8. The van der Waals surface area contributed by atoms with Crippen LogP contribution in [0.15, 0.2) is 34.9 Å². The fourth-order valence-corrected chi connectivity index (χ4v) is 2.66. The predicted octanol–water partition coefficient (Wildman–Crippen LogP) is 2.28. The SMILES string of the molecule is CCNC(=O)Cc1nc(-c2cccc(Cn3nc(C)cc3C)c2)no1. The molecule has 0 unspecified atom stereocenters. The smallest absolute Gasteiger partial charge is 0.236 e. The fourth-order valence-electron chi connectivity index (χ4n) is 2.66. The van der Waals surface area contributed by atoms with Crippen molar-refractivity contribution in [2.24, 2.45) is 0 Å². The van der Waals surface area contributed by atoms with Crippen molar-refractivity contribution in [3.63, 3.8) is 0 Å². The Bertz CT molecular complexity index is 881. The van der Waals surface area contributed by atoms with Gasteiger partial charge in [-0.25, -0.2) is 0 Å². The topological polar surface area (TPSA) is 85.8 Å². The molecule has 1 amide bonds. The minimum absolute atomic E-state index is 0.0896. The van der Waals surface area contributed by atoms with E-state index in [-0.39, 0.29) is 12.3 Å². The first-order valence-electron chi connectivity index (χ1n) is 8.25. The molecule has 25 heavy (non-hydrogen) atoms. The molecule has 0 saturated carbocycles. The molecule has 7 nitrogen and oxygen atoms in total. The van der Waals surface area contributed by atoms with E-state index in [2.05, 4.69) is 26.6 Å². The minimum Gasteiger partial charge on any atom is -0.356 e. The lowest BCUT2D eigenvalue weighted by molar-refractivity contribution is -0.120. The van der Waals surface area contributed by atoms with Gasteiger partial charge in [0.25, 0.3) is 0 Å². The lowest BCUT2D eigenvalue weighted by atomic mass is 10.1. The second kappa shape index (κ2) is 7.29. The van der Waals surface area contributed by atoms with Crippen LogP contribution in [0.5, 0.6) is 0 Å². The molecule has 0 aliphatic rings. The van der Waals surface area contributed by atoms with Gasteiger partial charge in [-0.05, 0) is 38.5 Å². The third-order valence-electron chi connectivity index (χ3n) is 3.77. The first-order chi connectivity index (χ1) is 12.0. The van der Waals surface area contributed by atoms with Gasteiger partial charge < -0.3 is 9.84 Å². The molecule has 2 heterocycles. The van der Waals surface area contributed by atoms with Crippen LogP contribution in [0.4, 0.5) is 0 Å².